The maximum Gasteiger partial charge on any atom is 0.313 e. The minimum atomic E-state index is -0.429. The third kappa shape index (κ3) is 2.78. The lowest BCUT2D eigenvalue weighted by Gasteiger charge is -2.30. The van der Waals surface area contributed by atoms with Gasteiger partial charge in [0.15, 0.2) is 0 Å². The van der Waals surface area contributed by atoms with E-state index in [1.165, 1.54) is 12.9 Å². The van der Waals surface area contributed by atoms with Gasteiger partial charge in [-0.1, -0.05) is 17.9 Å². The number of nitrogens with zero attached hydrogens (tertiary/aromatic N) is 2. The Balaban J connectivity index is 1.67. The van der Waals surface area contributed by atoms with Gasteiger partial charge in [-0.05, 0) is 55.0 Å². The fourth-order valence-corrected chi connectivity index (χ4v) is 5.92. The second kappa shape index (κ2) is 7.35. The number of aryl methyl sites for hydroxylation is 1. The number of nitrogens with one attached hydrogen (secondary N) is 1. The summed E-state index contributed by atoms with van der Waals surface area (Å²) in [4.78, 5) is 30.9. The lowest BCUT2D eigenvalue weighted by atomic mass is 9.65. The summed E-state index contributed by atoms with van der Waals surface area (Å²) in [5.41, 5.74) is 8.80. The third-order valence-electron chi connectivity index (χ3n) is 7.60. The number of fused-ring (bicyclic) bond motifs is 5. The van der Waals surface area contributed by atoms with Crippen molar-refractivity contribution in [2.75, 3.05) is 0 Å². The molecular formula is C24H21B3N3O3. The summed E-state index contributed by atoms with van der Waals surface area (Å²) in [5.74, 6) is -0.703. The molecule has 1 aliphatic carbocycles. The highest BCUT2D eigenvalue weighted by atomic mass is 16.5. The molecule has 3 aromatic rings. The van der Waals surface area contributed by atoms with Crippen LogP contribution in [0.5, 0.6) is 0 Å². The minimum absolute atomic E-state index is 0.0224. The van der Waals surface area contributed by atoms with Crippen molar-refractivity contribution in [2.24, 2.45) is 0 Å². The molecule has 2 atom stereocenters. The third-order valence-corrected chi connectivity index (χ3v) is 7.60. The van der Waals surface area contributed by atoms with Crippen LogP contribution in [-0.2, 0) is 29.1 Å². The van der Waals surface area contributed by atoms with Gasteiger partial charge >= 0.3 is 5.97 Å². The topological polar surface area (TPSA) is 73.2 Å². The van der Waals surface area contributed by atoms with Crippen molar-refractivity contribution >= 4 is 45.2 Å². The molecule has 33 heavy (non-hydrogen) atoms. The second-order valence-electron chi connectivity index (χ2n) is 9.16. The van der Waals surface area contributed by atoms with E-state index in [2.05, 4.69) is 12.2 Å². The molecule has 0 fully saturated rings. The number of hydrogen-bond acceptors (Lipinski definition) is 5. The van der Waals surface area contributed by atoms with Gasteiger partial charge in [0.1, 0.15) is 21.8 Å². The molecule has 0 saturated heterocycles. The minimum Gasteiger partial charge on any atom is -0.460 e. The summed E-state index contributed by atoms with van der Waals surface area (Å²) in [7, 11) is 13.6. The number of carbonyl (C=O) groups excluding carboxylic acids is 1. The van der Waals surface area contributed by atoms with Crippen LogP contribution in [0.2, 0.25) is 0 Å². The largest absolute Gasteiger partial charge is 0.460 e. The SMILES string of the molecule is [B][B]NC1CCc2c(C)c([B])cc3nc4c(c1c23)Cn1c-4cc2c(c1=O)COC(=O)C2CC. The predicted octanol–water partition coefficient (Wildman–Crippen LogP) is 1.36. The van der Waals surface area contributed by atoms with Crippen LogP contribution < -0.4 is 16.2 Å². The van der Waals surface area contributed by atoms with E-state index in [0.717, 1.165) is 62.8 Å². The molecule has 159 valence electrons. The molecule has 0 spiro atoms. The van der Waals surface area contributed by atoms with Gasteiger partial charge in [-0.15, -0.1) is 0 Å². The van der Waals surface area contributed by atoms with E-state index in [9.17, 15) is 9.59 Å². The molecule has 2 aliphatic heterocycles. The van der Waals surface area contributed by atoms with Crippen LogP contribution in [0.15, 0.2) is 16.9 Å². The first-order valence-electron chi connectivity index (χ1n) is 11.4. The number of ether oxygens (including phenoxy) is 1. The maximum atomic E-state index is 13.5. The number of esters is 1. The highest BCUT2D eigenvalue weighted by molar-refractivity contribution is 6.87. The van der Waals surface area contributed by atoms with Crippen molar-refractivity contribution in [1.29, 1.82) is 0 Å². The van der Waals surface area contributed by atoms with Crippen molar-refractivity contribution in [2.45, 2.75) is 58.2 Å². The summed E-state index contributed by atoms with van der Waals surface area (Å²) in [5, 5.41) is 4.42. The first kappa shape index (κ1) is 20.8. The molecule has 4 heterocycles. The van der Waals surface area contributed by atoms with Gasteiger partial charge in [0, 0.05) is 24.7 Å². The lowest BCUT2D eigenvalue weighted by Crippen LogP contribution is -2.32. The molecule has 9 heteroatoms. The number of hydrogen-bond donors (Lipinski definition) is 1. The van der Waals surface area contributed by atoms with Crippen molar-refractivity contribution in [3.8, 4) is 11.4 Å². The highest BCUT2D eigenvalue weighted by Gasteiger charge is 2.36. The molecule has 5 radical (unpaired) electrons. The smallest absolute Gasteiger partial charge is 0.313 e. The van der Waals surface area contributed by atoms with Crippen LogP contribution in [0.1, 0.15) is 65.1 Å². The molecule has 6 rings (SSSR count). The Morgan fingerprint density at radius 1 is 1.27 bits per heavy atom. The summed E-state index contributed by atoms with van der Waals surface area (Å²) >= 11 is 0. The fraction of sp³-hybridized carbons (Fsp3) is 0.375. The number of carbonyl (C=O) groups is 1. The number of pyridine rings is 2. The molecule has 0 amide bonds. The second-order valence-corrected chi connectivity index (χ2v) is 9.16. The quantitative estimate of drug-likeness (QED) is 0.391. The fourth-order valence-electron chi connectivity index (χ4n) is 5.92. The van der Waals surface area contributed by atoms with E-state index in [1.807, 2.05) is 19.1 Å². The van der Waals surface area contributed by atoms with E-state index in [4.69, 9.17) is 25.3 Å². The number of benzene rings is 1. The van der Waals surface area contributed by atoms with Crippen molar-refractivity contribution in [3.63, 3.8) is 0 Å². The molecule has 2 aromatic heterocycles. The Bertz CT molecular complexity index is 1430. The van der Waals surface area contributed by atoms with Gasteiger partial charge in [-0.2, -0.15) is 0 Å². The van der Waals surface area contributed by atoms with Gasteiger partial charge in [0.05, 0.1) is 34.9 Å². The van der Waals surface area contributed by atoms with Gasteiger partial charge in [0.25, 0.3) is 5.56 Å². The first-order chi connectivity index (χ1) is 15.9. The first-order valence-corrected chi connectivity index (χ1v) is 11.4. The van der Waals surface area contributed by atoms with Crippen LogP contribution in [0, 0.1) is 6.92 Å². The van der Waals surface area contributed by atoms with E-state index in [1.54, 1.807) is 4.57 Å². The standard InChI is InChI=1S/C24H21B3N3O3/c1-3-11-13-6-19-22-14(8-30(19)23(31)15(13)9-33-24(11)32)21-17(29-27-26)5-4-12-10(2)16(25)7-18(28-22)20(12)21/h6-7,11,17,29H,3-5,8-9H2,1-2H3. The van der Waals surface area contributed by atoms with Crippen LogP contribution in [0.4, 0.5) is 0 Å². The molecule has 3 aliphatic rings. The Morgan fingerprint density at radius 2 is 2.09 bits per heavy atom. The molecule has 0 bridgehead atoms. The molecule has 1 N–H and O–H groups in total. The van der Waals surface area contributed by atoms with Crippen molar-refractivity contribution < 1.29 is 9.53 Å². The van der Waals surface area contributed by atoms with E-state index < -0.39 is 5.92 Å². The summed E-state index contributed by atoms with van der Waals surface area (Å²) in [6.45, 7) is 4.45. The molecule has 6 nitrogen and oxygen atoms in total. The molecule has 1 aromatic carbocycles. The molecule has 0 saturated carbocycles. The van der Waals surface area contributed by atoms with Crippen molar-refractivity contribution in [3.05, 3.63) is 55.9 Å². The number of aromatic nitrogens is 2. The normalized spacial score (nSPS) is 20.2. The van der Waals surface area contributed by atoms with Crippen LogP contribution in [0.25, 0.3) is 22.3 Å². The average molecular weight is 432 g/mol. The highest BCUT2D eigenvalue weighted by Crippen LogP contribution is 2.44. The zero-order valence-corrected chi connectivity index (χ0v) is 18.7. The number of rotatable bonds is 3. The zero-order valence-electron chi connectivity index (χ0n) is 18.7. The average Bonchev–Trinajstić information content (AvgIpc) is 3.17. The van der Waals surface area contributed by atoms with Gasteiger partial charge in [0.2, 0.25) is 0 Å². The molecule has 2 unspecified atom stereocenters. The van der Waals surface area contributed by atoms with Crippen LogP contribution in [0.3, 0.4) is 0 Å². The van der Waals surface area contributed by atoms with E-state index >= 15 is 0 Å². The lowest BCUT2D eigenvalue weighted by molar-refractivity contribution is -0.148. The Labute approximate surface area is 195 Å². The summed E-state index contributed by atoms with van der Waals surface area (Å²) in [6.07, 6.45) is 2.33. The van der Waals surface area contributed by atoms with Gasteiger partial charge < -0.3 is 14.5 Å². The predicted molar refractivity (Wildman–Crippen MR) is 129 cm³/mol. The monoisotopic (exact) mass is 432 g/mol. The van der Waals surface area contributed by atoms with Crippen molar-refractivity contribution in [1.82, 2.24) is 14.8 Å². The molecular weight excluding hydrogens is 411 g/mol. The van der Waals surface area contributed by atoms with Gasteiger partial charge in [-0.25, -0.2) is 4.98 Å². The van der Waals surface area contributed by atoms with Crippen LogP contribution in [-0.4, -0.2) is 38.4 Å². The Kier molecular flexibility index (Phi) is 4.63. The maximum absolute atomic E-state index is 13.5. The zero-order chi connectivity index (χ0) is 23.0. The summed E-state index contributed by atoms with van der Waals surface area (Å²) < 4.78 is 7.09. The Morgan fingerprint density at radius 3 is 2.85 bits per heavy atom. The van der Waals surface area contributed by atoms with E-state index in [-0.39, 0.29) is 24.2 Å². The van der Waals surface area contributed by atoms with E-state index in [0.29, 0.717) is 18.5 Å². The summed E-state index contributed by atoms with van der Waals surface area (Å²) in [6, 6.07) is 3.93. The number of cyclic esters (lactones) is 1. The van der Waals surface area contributed by atoms with Gasteiger partial charge in [-0.3, -0.25) is 9.59 Å². The Hall–Kier alpha value is -2.80. The van der Waals surface area contributed by atoms with Crippen LogP contribution >= 0.6 is 0 Å².